The number of hydrogen-bond donors (Lipinski definition) is 0. The van der Waals surface area contributed by atoms with Crippen LogP contribution in [0.4, 0.5) is 5.69 Å². The Balaban J connectivity index is 0.00000225. The summed E-state index contributed by atoms with van der Waals surface area (Å²) in [6.07, 6.45) is 6.02. The van der Waals surface area contributed by atoms with Crippen LogP contribution in [0.3, 0.4) is 0 Å². The molecule has 1 aromatic carbocycles. The van der Waals surface area contributed by atoms with Gasteiger partial charge in [0.05, 0.1) is 10.7 Å². The lowest BCUT2D eigenvalue weighted by Gasteiger charge is -2.18. The van der Waals surface area contributed by atoms with Gasteiger partial charge in [0, 0.05) is 55.4 Å². The van der Waals surface area contributed by atoms with Crippen LogP contribution < -0.4 is 33.4 Å². The predicted molar refractivity (Wildman–Crippen MR) is 113 cm³/mol. The molecule has 144 valence electrons. The zero-order chi connectivity index (χ0) is 18.8. The number of nitrogens with zero attached hydrogens (tertiary/aromatic N) is 3. The largest absolute Gasteiger partial charge is 1.00 e. The number of rotatable bonds is 4. The number of para-hydroxylation sites is 1. The van der Waals surface area contributed by atoms with Crippen molar-refractivity contribution in [1.29, 1.82) is 0 Å². The van der Waals surface area contributed by atoms with Crippen LogP contribution in [-0.2, 0) is 6.54 Å². The zero-order valence-corrected chi connectivity index (χ0v) is 19.4. The van der Waals surface area contributed by atoms with Gasteiger partial charge in [-0.05, 0) is 42.8 Å². The molecule has 28 heavy (non-hydrogen) atoms. The second kappa shape index (κ2) is 9.09. The number of thioether (sulfide) groups is 1. The number of aromatic nitrogens is 2. The Bertz CT molecular complexity index is 979. The Hall–Kier alpha value is -1.86. The predicted octanol–water partition coefficient (Wildman–Crippen LogP) is 1.97. The molecule has 0 saturated carbocycles. The number of hydrogen-bond acceptors (Lipinski definition) is 3. The van der Waals surface area contributed by atoms with Gasteiger partial charge >= 0.3 is 0 Å². The van der Waals surface area contributed by atoms with Crippen molar-refractivity contribution in [3.8, 4) is 0 Å². The first kappa shape index (κ1) is 20.9. The molecular weight excluding hydrogens is 477 g/mol. The van der Waals surface area contributed by atoms with Crippen LogP contribution in [0.1, 0.15) is 29.4 Å². The van der Waals surface area contributed by atoms with E-state index in [1.165, 1.54) is 38.1 Å². The molecule has 0 radical (unpaired) electrons. The summed E-state index contributed by atoms with van der Waals surface area (Å²) in [7, 11) is 0. The lowest BCUT2D eigenvalue weighted by Crippen LogP contribution is -3.00. The second-order valence-corrected chi connectivity index (χ2v) is 7.87. The van der Waals surface area contributed by atoms with Gasteiger partial charge in [0.25, 0.3) is 0 Å². The molecule has 0 saturated heterocycles. The van der Waals surface area contributed by atoms with Crippen LogP contribution in [0.25, 0.3) is 6.08 Å². The maximum absolute atomic E-state index is 4.11. The monoisotopic (exact) mass is 501 g/mol. The summed E-state index contributed by atoms with van der Waals surface area (Å²) >= 11 is 1.86. The summed E-state index contributed by atoms with van der Waals surface area (Å²) < 4.78 is 2.35. The fourth-order valence-electron chi connectivity index (χ4n) is 3.59. The quantitative estimate of drug-likeness (QED) is 0.403. The topological polar surface area (TPSA) is 20.0 Å². The lowest BCUT2D eigenvalue weighted by molar-refractivity contribution is -0.700. The van der Waals surface area contributed by atoms with Crippen LogP contribution in [0, 0.1) is 13.8 Å². The molecule has 2 aromatic heterocycles. The van der Waals surface area contributed by atoms with E-state index in [2.05, 4.69) is 89.8 Å². The van der Waals surface area contributed by atoms with Crippen LogP contribution >= 0.6 is 11.8 Å². The van der Waals surface area contributed by atoms with Crippen LogP contribution in [0.5, 0.6) is 0 Å². The van der Waals surface area contributed by atoms with E-state index in [1.54, 1.807) is 0 Å². The maximum atomic E-state index is 4.11. The molecule has 3 aromatic rings. The van der Waals surface area contributed by atoms with Gasteiger partial charge in [0.15, 0.2) is 17.9 Å². The van der Waals surface area contributed by atoms with Crippen molar-refractivity contribution < 1.29 is 28.5 Å². The molecule has 0 bridgehead atoms. The first-order valence-electron chi connectivity index (χ1n) is 9.32. The minimum absolute atomic E-state index is 0. The number of aryl methyl sites for hydroxylation is 2. The van der Waals surface area contributed by atoms with Gasteiger partial charge in [-0.15, -0.1) is 0 Å². The molecule has 0 spiro atoms. The summed E-state index contributed by atoms with van der Waals surface area (Å²) in [6, 6.07) is 17.3. The Labute approximate surface area is 188 Å². The Morgan fingerprint density at radius 2 is 1.71 bits per heavy atom. The molecule has 1 aliphatic heterocycles. The highest BCUT2D eigenvalue weighted by Gasteiger charge is 2.23. The van der Waals surface area contributed by atoms with Crippen LogP contribution in [0.15, 0.2) is 70.8 Å². The summed E-state index contributed by atoms with van der Waals surface area (Å²) in [5.41, 5.74) is 6.37. The molecular formula is C23H24IN3S. The Kier molecular flexibility index (Phi) is 6.78. The van der Waals surface area contributed by atoms with E-state index in [-0.39, 0.29) is 24.0 Å². The molecule has 3 heterocycles. The zero-order valence-electron chi connectivity index (χ0n) is 16.4. The highest BCUT2D eigenvalue weighted by atomic mass is 127. The molecule has 5 heteroatoms. The van der Waals surface area contributed by atoms with Gasteiger partial charge in [-0.3, -0.25) is 4.98 Å². The summed E-state index contributed by atoms with van der Waals surface area (Å²) in [5.74, 6) is 0. The third-order valence-corrected chi connectivity index (χ3v) is 6.05. The number of halogens is 1. The molecule has 0 amide bonds. The smallest absolute Gasteiger partial charge is 0.179 e. The first-order chi connectivity index (χ1) is 13.2. The fraction of sp³-hybridized carbons (Fsp3) is 0.217. The van der Waals surface area contributed by atoms with E-state index in [1.807, 2.05) is 24.2 Å². The van der Waals surface area contributed by atoms with Crippen molar-refractivity contribution >= 4 is 23.5 Å². The second-order valence-electron chi connectivity index (χ2n) is 6.81. The molecule has 0 aliphatic carbocycles. The highest BCUT2D eigenvalue weighted by Crippen LogP contribution is 2.46. The Morgan fingerprint density at radius 1 is 1.04 bits per heavy atom. The molecule has 0 N–H and O–H groups in total. The van der Waals surface area contributed by atoms with Gasteiger partial charge in [-0.1, -0.05) is 23.9 Å². The van der Waals surface area contributed by atoms with Crippen LogP contribution in [0.2, 0.25) is 0 Å². The van der Waals surface area contributed by atoms with E-state index in [4.69, 9.17) is 0 Å². The molecule has 0 unspecified atom stereocenters. The summed E-state index contributed by atoms with van der Waals surface area (Å²) in [6.45, 7) is 8.43. The maximum Gasteiger partial charge on any atom is 0.179 e. The average Bonchev–Trinajstić information content (AvgIpc) is 3.02. The van der Waals surface area contributed by atoms with Gasteiger partial charge in [0.2, 0.25) is 0 Å². The Morgan fingerprint density at radius 3 is 2.39 bits per heavy atom. The fourth-order valence-corrected chi connectivity index (χ4v) is 4.78. The van der Waals surface area contributed by atoms with E-state index < -0.39 is 0 Å². The minimum Gasteiger partial charge on any atom is -1.00 e. The number of pyridine rings is 2. The molecule has 3 nitrogen and oxygen atoms in total. The van der Waals surface area contributed by atoms with Crippen LogP contribution in [-0.4, -0.2) is 11.5 Å². The average molecular weight is 501 g/mol. The third-order valence-electron chi connectivity index (χ3n) is 4.94. The first-order valence-corrected chi connectivity index (χ1v) is 10.1. The van der Waals surface area contributed by atoms with Crippen molar-refractivity contribution in [2.45, 2.75) is 32.2 Å². The van der Waals surface area contributed by atoms with Crippen molar-refractivity contribution in [1.82, 2.24) is 4.98 Å². The van der Waals surface area contributed by atoms with E-state index >= 15 is 0 Å². The van der Waals surface area contributed by atoms with Crippen molar-refractivity contribution in [3.05, 3.63) is 88.5 Å². The SMILES string of the molecule is CCN1C(=Cc2cc(C)[n+](Cc3ccncc3)c(C)c2)Sc2ccccc21.[I-]. The van der Waals surface area contributed by atoms with E-state index in [0.717, 1.165) is 13.1 Å². The summed E-state index contributed by atoms with van der Waals surface area (Å²) in [4.78, 5) is 7.84. The van der Waals surface area contributed by atoms with Crippen molar-refractivity contribution in [2.75, 3.05) is 11.4 Å². The van der Waals surface area contributed by atoms with Gasteiger partial charge in [0.1, 0.15) is 0 Å². The standard InChI is InChI=1S/C23H24N3S.HI/c1-4-25-21-7-5-6-8-22(21)27-23(25)15-20-13-17(2)26(18(3)14-20)16-19-9-11-24-12-10-19;/h5-15H,4,16H2,1-3H3;1H/q+1;/p-1. The molecule has 1 aliphatic rings. The van der Waals surface area contributed by atoms with E-state index in [9.17, 15) is 0 Å². The highest BCUT2D eigenvalue weighted by molar-refractivity contribution is 8.03. The number of fused-ring (bicyclic) bond motifs is 1. The van der Waals surface area contributed by atoms with Crippen molar-refractivity contribution in [2.24, 2.45) is 0 Å². The lowest BCUT2D eigenvalue weighted by atomic mass is 10.1. The van der Waals surface area contributed by atoms with Gasteiger partial charge in [-0.25, -0.2) is 0 Å². The van der Waals surface area contributed by atoms with E-state index in [0.29, 0.717) is 0 Å². The number of benzene rings is 1. The minimum atomic E-state index is 0. The molecule has 0 fully saturated rings. The molecule has 0 atom stereocenters. The normalized spacial score (nSPS) is 14.1. The van der Waals surface area contributed by atoms with Gasteiger partial charge < -0.3 is 28.9 Å². The van der Waals surface area contributed by atoms with Crippen molar-refractivity contribution in [3.63, 3.8) is 0 Å². The summed E-state index contributed by atoms with van der Waals surface area (Å²) in [5, 5.41) is 1.30. The number of anilines is 1. The molecule has 4 rings (SSSR count). The third kappa shape index (κ3) is 4.25. The van der Waals surface area contributed by atoms with Gasteiger partial charge in [-0.2, -0.15) is 4.57 Å².